The molecular formula is C13H16O4. The number of aliphatic hydroxyl groups is 1. The van der Waals surface area contributed by atoms with Crippen molar-refractivity contribution in [2.24, 2.45) is 0 Å². The van der Waals surface area contributed by atoms with E-state index in [4.69, 9.17) is 9.47 Å². The fraction of sp³-hybridized carbons (Fsp3) is 0.462. The molecular weight excluding hydrogens is 220 g/mol. The second kappa shape index (κ2) is 4.56. The molecule has 0 aromatic heterocycles. The molecule has 4 nitrogen and oxygen atoms in total. The number of hydrogen-bond donors (Lipinski definition) is 1. The van der Waals surface area contributed by atoms with Crippen molar-refractivity contribution < 1.29 is 19.4 Å². The van der Waals surface area contributed by atoms with Crippen LogP contribution in [0.1, 0.15) is 24.2 Å². The number of ketones is 1. The number of aliphatic hydroxyl groups excluding tert-OH is 1. The third-order valence-electron chi connectivity index (χ3n) is 2.71. The summed E-state index contributed by atoms with van der Waals surface area (Å²) in [5, 5.41) is 9.95. The Labute approximate surface area is 100 Å². The van der Waals surface area contributed by atoms with E-state index in [1.807, 2.05) is 6.07 Å². The van der Waals surface area contributed by atoms with E-state index in [2.05, 4.69) is 0 Å². The van der Waals surface area contributed by atoms with Gasteiger partial charge in [-0.15, -0.1) is 0 Å². The standard InChI is InChI=1S/C13H16O4/c1-13(2)16-8-10(17-13)12(15)11(14)9-6-4-3-5-7-9/h3-7,10,12,15H,8H2,1-2H3/t10-,12-/m1/s1. The molecule has 4 heteroatoms. The highest BCUT2D eigenvalue weighted by molar-refractivity contribution is 5.99. The van der Waals surface area contributed by atoms with E-state index in [-0.39, 0.29) is 12.4 Å². The molecule has 1 N–H and O–H groups in total. The minimum Gasteiger partial charge on any atom is -0.382 e. The lowest BCUT2D eigenvalue weighted by molar-refractivity contribution is -0.147. The van der Waals surface area contributed by atoms with Crippen LogP contribution in [-0.2, 0) is 9.47 Å². The van der Waals surface area contributed by atoms with Crippen LogP contribution in [0.4, 0.5) is 0 Å². The zero-order valence-corrected chi connectivity index (χ0v) is 9.92. The third kappa shape index (κ3) is 2.72. The molecule has 0 spiro atoms. The van der Waals surface area contributed by atoms with Crippen LogP contribution >= 0.6 is 0 Å². The summed E-state index contributed by atoms with van der Waals surface area (Å²) >= 11 is 0. The minimum absolute atomic E-state index is 0.229. The first-order valence-electron chi connectivity index (χ1n) is 5.59. The molecule has 2 rings (SSSR count). The minimum atomic E-state index is -1.18. The van der Waals surface area contributed by atoms with Crippen LogP contribution in [-0.4, -0.2) is 35.5 Å². The monoisotopic (exact) mass is 236 g/mol. The topological polar surface area (TPSA) is 55.8 Å². The van der Waals surface area contributed by atoms with E-state index < -0.39 is 18.0 Å². The Bertz CT molecular complexity index is 399. The number of Topliss-reactive ketones (excluding diaryl/α,β-unsaturated/α-hetero) is 1. The first-order chi connectivity index (χ1) is 7.99. The Hall–Kier alpha value is -1.23. The Balaban J connectivity index is 2.06. The number of carbonyl (C=O) groups is 1. The highest BCUT2D eigenvalue weighted by Crippen LogP contribution is 2.25. The third-order valence-corrected chi connectivity index (χ3v) is 2.71. The van der Waals surface area contributed by atoms with Crippen molar-refractivity contribution in [1.82, 2.24) is 0 Å². The summed E-state index contributed by atoms with van der Waals surface area (Å²) in [6, 6.07) is 8.69. The van der Waals surface area contributed by atoms with Gasteiger partial charge in [0.1, 0.15) is 12.2 Å². The average Bonchev–Trinajstić information content (AvgIpc) is 2.69. The van der Waals surface area contributed by atoms with Gasteiger partial charge in [0.05, 0.1) is 6.61 Å². The molecule has 92 valence electrons. The molecule has 1 aromatic carbocycles. The van der Waals surface area contributed by atoms with Crippen LogP contribution in [0, 0.1) is 0 Å². The number of carbonyl (C=O) groups excluding carboxylic acids is 1. The normalized spacial score (nSPS) is 24.5. The number of rotatable bonds is 3. The maximum absolute atomic E-state index is 12.0. The molecule has 1 saturated heterocycles. The molecule has 17 heavy (non-hydrogen) atoms. The van der Waals surface area contributed by atoms with E-state index in [1.54, 1.807) is 38.1 Å². The first kappa shape index (κ1) is 12.2. The van der Waals surface area contributed by atoms with Crippen molar-refractivity contribution in [2.75, 3.05) is 6.61 Å². The van der Waals surface area contributed by atoms with Crippen LogP contribution in [0.5, 0.6) is 0 Å². The molecule has 0 unspecified atom stereocenters. The van der Waals surface area contributed by atoms with E-state index in [0.29, 0.717) is 5.56 Å². The van der Waals surface area contributed by atoms with Crippen molar-refractivity contribution in [2.45, 2.75) is 31.8 Å². The number of hydrogen-bond acceptors (Lipinski definition) is 4. The average molecular weight is 236 g/mol. The van der Waals surface area contributed by atoms with Gasteiger partial charge in [0.15, 0.2) is 11.6 Å². The Morgan fingerprint density at radius 2 is 2.06 bits per heavy atom. The molecule has 1 fully saturated rings. The quantitative estimate of drug-likeness (QED) is 0.806. The van der Waals surface area contributed by atoms with Crippen molar-refractivity contribution in [3.05, 3.63) is 35.9 Å². The van der Waals surface area contributed by atoms with Gasteiger partial charge in [-0.05, 0) is 13.8 Å². The number of benzene rings is 1. The number of ether oxygens (including phenoxy) is 2. The smallest absolute Gasteiger partial charge is 0.194 e. The molecule has 0 aliphatic carbocycles. The maximum atomic E-state index is 12.0. The van der Waals surface area contributed by atoms with Gasteiger partial charge in [0.2, 0.25) is 0 Å². The summed E-state index contributed by atoms with van der Waals surface area (Å²) < 4.78 is 10.8. The van der Waals surface area contributed by atoms with Crippen molar-refractivity contribution in [3.63, 3.8) is 0 Å². The van der Waals surface area contributed by atoms with E-state index in [0.717, 1.165) is 0 Å². The van der Waals surface area contributed by atoms with Gasteiger partial charge in [-0.1, -0.05) is 30.3 Å². The van der Waals surface area contributed by atoms with Crippen molar-refractivity contribution in [1.29, 1.82) is 0 Å². The van der Waals surface area contributed by atoms with Gasteiger partial charge in [0, 0.05) is 5.56 Å². The van der Waals surface area contributed by atoms with Gasteiger partial charge < -0.3 is 14.6 Å². The van der Waals surface area contributed by atoms with Crippen molar-refractivity contribution in [3.8, 4) is 0 Å². The second-order valence-electron chi connectivity index (χ2n) is 4.54. The van der Waals surface area contributed by atoms with Gasteiger partial charge in [-0.25, -0.2) is 0 Å². The molecule has 2 atom stereocenters. The SMILES string of the molecule is CC1(C)OC[C@H]([C@@H](O)C(=O)c2ccccc2)O1. The lowest BCUT2D eigenvalue weighted by atomic mass is 10.0. The second-order valence-corrected chi connectivity index (χ2v) is 4.54. The zero-order chi connectivity index (χ0) is 12.5. The Kier molecular flexibility index (Phi) is 3.28. The highest BCUT2D eigenvalue weighted by Gasteiger charge is 2.39. The first-order valence-corrected chi connectivity index (χ1v) is 5.59. The summed E-state index contributed by atoms with van der Waals surface area (Å²) in [5.74, 6) is -1.07. The van der Waals surface area contributed by atoms with Crippen LogP contribution in [0.3, 0.4) is 0 Å². The lowest BCUT2D eigenvalue weighted by Crippen LogP contribution is -2.37. The molecule has 1 aliphatic heterocycles. The molecule has 0 amide bonds. The van der Waals surface area contributed by atoms with Crippen LogP contribution < -0.4 is 0 Å². The Morgan fingerprint density at radius 1 is 1.41 bits per heavy atom. The summed E-state index contributed by atoms with van der Waals surface area (Å²) in [5.41, 5.74) is 0.480. The fourth-order valence-electron chi connectivity index (χ4n) is 1.81. The molecule has 1 aromatic rings. The van der Waals surface area contributed by atoms with Crippen LogP contribution in [0.2, 0.25) is 0 Å². The molecule has 0 saturated carbocycles. The summed E-state index contributed by atoms with van der Waals surface area (Å²) in [6.45, 7) is 3.74. The Morgan fingerprint density at radius 3 is 2.59 bits per heavy atom. The summed E-state index contributed by atoms with van der Waals surface area (Å²) in [4.78, 5) is 12.0. The summed E-state index contributed by atoms with van der Waals surface area (Å²) in [7, 11) is 0. The van der Waals surface area contributed by atoms with Crippen LogP contribution in [0.25, 0.3) is 0 Å². The van der Waals surface area contributed by atoms with Crippen LogP contribution in [0.15, 0.2) is 30.3 Å². The predicted octanol–water partition coefficient (Wildman–Crippen LogP) is 1.38. The van der Waals surface area contributed by atoms with Gasteiger partial charge in [0.25, 0.3) is 0 Å². The molecule has 0 bridgehead atoms. The van der Waals surface area contributed by atoms with Gasteiger partial charge in [-0.2, -0.15) is 0 Å². The zero-order valence-electron chi connectivity index (χ0n) is 9.92. The van der Waals surface area contributed by atoms with Gasteiger partial charge in [-0.3, -0.25) is 4.79 Å². The molecule has 0 radical (unpaired) electrons. The summed E-state index contributed by atoms with van der Waals surface area (Å²) in [6.07, 6.45) is -1.78. The predicted molar refractivity (Wildman–Crippen MR) is 61.7 cm³/mol. The largest absolute Gasteiger partial charge is 0.382 e. The van der Waals surface area contributed by atoms with Gasteiger partial charge >= 0.3 is 0 Å². The van der Waals surface area contributed by atoms with E-state index in [1.165, 1.54) is 0 Å². The van der Waals surface area contributed by atoms with E-state index in [9.17, 15) is 9.90 Å². The fourth-order valence-corrected chi connectivity index (χ4v) is 1.81. The molecule has 1 aliphatic rings. The highest BCUT2D eigenvalue weighted by atomic mass is 16.7. The van der Waals surface area contributed by atoms with Crippen molar-refractivity contribution >= 4 is 5.78 Å². The maximum Gasteiger partial charge on any atom is 0.194 e. The van der Waals surface area contributed by atoms with E-state index >= 15 is 0 Å². The molecule has 1 heterocycles. The lowest BCUT2D eigenvalue weighted by Gasteiger charge is -2.19.